The molecule has 21 heavy (non-hydrogen) atoms. The lowest BCUT2D eigenvalue weighted by molar-refractivity contribution is 0.0787. The van der Waals surface area contributed by atoms with Crippen LogP contribution in [-0.4, -0.2) is 41.5 Å². The number of likely N-dealkylation sites (tertiary alicyclic amines) is 1. The van der Waals surface area contributed by atoms with E-state index in [-0.39, 0.29) is 5.91 Å². The summed E-state index contributed by atoms with van der Waals surface area (Å²) < 4.78 is 0. The second-order valence-electron chi connectivity index (χ2n) is 6.05. The van der Waals surface area contributed by atoms with Gasteiger partial charge < -0.3 is 10.2 Å². The zero-order chi connectivity index (χ0) is 14.2. The fourth-order valence-electron chi connectivity index (χ4n) is 3.67. The van der Waals surface area contributed by atoms with Gasteiger partial charge >= 0.3 is 0 Å². The molecule has 1 aromatic heterocycles. The number of para-hydroxylation sites is 1. The van der Waals surface area contributed by atoms with Gasteiger partial charge in [-0.3, -0.25) is 9.78 Å². The number of nitrogens with one attached hydrogen (secondary N) is 1. The lowest BCUT2D eigenvalue weighted by Gasteiger charge is -2.24. The van der Waals surface area contributed by atoms with Gasteiger partial charge in [0, 0.05) is 30.7 Å². The number of benzene rings is 1. The van der Waals surface area contributed by atoms with Crippen molar-refractivity contribution in [1.29, 1.82) is 0 Å². The zero-order valence-corrected chi connectivity index (χ0v) is 12.0. The lowest BCUT2D eigenvalue weighted by Crippen LogP contribution is -2.41. The van der Waals surface area contributed by atoms with Gasteiger partial charge in [-0.25, -0.2) is 0 Å². The Morgan fingerprint density at radius 3 is 3.05 bits per heavy atom. The van der Waals surface area contributed by atoms with Crippen molar-refractivity contribution in [1.82, 2.24) is 15.2 Å². The predicted octanol–water partition coefficient (Wildman–Crippen LogP) is 2.06. The molecule has 2 fully saturated rings. The van der Waals surface area contributed by atoms with Gasteiger partial charge in [0.25, 0.3) is 5.91 Å². The number of piperidine rings is 1. The summed E-state index contributed by atoms with van der Waals surface area (Å²) in [6.07, 6.45) is 4.19. The van der Waals surface area contributed by atoms with Crippen molar-refractivity contribution in [3.8, 4) is 0 Å². The van der Waals surface area contributed by atoms with E-state index in [2.05, 4.69) is 10.3 Å². The average Bonchev–Trinajstić information content (AvgIpc) is 2.97. The third-order valence-electron chi connectivity index (χ3n) is 4.77. The van der Waals surface area contributed by atoms with Crippen LogP contribution in [-0.2, 0) is 0 Å². The third kappa shape index (κ3) is 2.20. The van der Waals surface area contributed by atoms with Crippen molar-refractivity contribution < 1.29 is 4.79 Å². The molecule has 2 aromatic rings. The van der Waals surface area contributed by atoms with Gasteiger partial charge in [-0.2, -0.15) is 0 Å². The molecule has 108 valence electrons. The average molecular weight is 281 g/mol. The van der Waals surface area contributed by atoms with Crippen LogP contribution in [0.15, 0.2) is 36.5 Å². The molecular weight excluding hydrogens is 262 g/mol. The first kappa shape index (κ1) is 12.8. The van der Waals surface area contributed by atoms with E-state index in [4.69, 9.17) is 0 Å². The second kappa shape index (κ2) is 5.11. The van der Waals surface area contributed by atoms with Crippen LogP contribution in [0.25, 0.3) is 10.9 Å². The Balaban J connectivity index is 1.65. The fourth-order valence-corrected chi connectivity index (χ4v) is 3.67. The molecule has 0 aliphatic carbocycles. The van der Waals surface area contributed by atoms with Crippen LogP contribution in [0.4, 0.5) is 0 Å². The highest BCUT2D eigenvalue weighted by molar-refractivity contribution is 6.06. The minimum absolute atomic E-state index is 0.143. The number of hydrogen-bond donors (Lipinski definition) is 1. The number of fused-ring (bicyclic) bond motifs is 2. The molecule has 1 N–H and O–H groups in total. The molecule has 2 aliphatic rings. The summed E-state index contributed by atoms with van der Waals surface area (Å²) in [5, 5.41) is 4.50. The third-order valence-corrected chi connectivity index (χ3v) is 4.77. The van der Waals surface area contributed by atoms with Crippen molar-refractivity contribution in [3.63, 3.8) is 0 Å². The maximum Gasteiger partial charge on any atom is 0.254 e. The van der Waals surface area contributed by atoms with E-state index in [9.17, 15) is 4.79 Å². The smallest absolute Gasteiger partial charge is 0.254 e. The van der Waals surface area contributed by atoms with E-state index in [0.29, 0.717) is 12.0 Å². The number of hydrogen-bond acceptors (Lipinski definition) is 3. The summed E-state index contributed by atoms with van der Waals surface area (Å²) in [5.41, 5.74) is 1.66. The van der Waals surface area contributed by atoms with Crippen LogP contribution < -0.4 is 5.32 Å². The van der Waals surface area contributed by atoms with Gasteiger partial charge in [-0.05, 0) is 37.4 Å². The molecule has 4 nitrogen and oxygen atoms in total. The van der Waals surface area contributed by atoms with Crippen LogP contribution in [0.1, 0.15) is 23.2 Å². The quantitative estimate of drug-likeness (QED) is 0.870. The summed E-state index contributed by atoms with van der Waals surface area (Å²) >= 11 is 0. The van der Waals surface area contributed by atoms with E-state index < -0.39 is 0 Å². The molecule has 0 radical (unpaired) electrons. The van der Waals surface area contributed by atoms with Crippen molar-refractivity contribution in [2.24, 2.45) is 5.92 Å². The first-order valence-electron chi connectivity index (χ1n) is 7.69. The number of carbonyl (C=O) groups is 1. The minimum Gasteiger partial charge on any atom is -0.337 e. The first-order chi connectivity index (χ1) is 10.3. The second-order valence-corrected chi connectivity index (χ2v) is 6.05. The summed E-state index contributed by atoms with van der Waals surface area (Å²) in [5.74, 6) is 0.764. The maximum atomic E-state index is 12.9. The Morgan fingerprint density at radius 2 is 2.14 bits per heavy atom. The topological polar surface area (TPSA) is 45.2 Å². The molecule has 3 heterocycles. The van der Waals surface area contributed by atoms with Gasteiger partial charge in [0.15, 0.2) is 0 Å². The van der Waals surface area contributed by atoms with Crippen LogP contribution in [0, 0.1) is 5.92 Å². The highest BCUT2D eigenvalue weighted by Gasteiger charge is 2.36. The Kier molecular flexibility index (Phi) is 3.11. The van der Waals surface area contributed by atoms with Crippen LogP contribution in [0.5, 0.6) is 0 Å². The highest BCUT2D eigenvalue weighted by Crippen LogP contribution is 2.27. The number of amides is 1. The van der Waals surface area contributed by atoms with Crippen molar-refractivity contribution in [2.45, 2.75) is 18.9 Å². The monoisotopic (exact) mass is 281 g/mol. The maximum absolute atomic E-state index is 12.9. The molecule has 1 aromatic carbocycles. The van der Waals surface area contributed by atoms with E-state index in [1.54, 1.807) is 6.20 Å². The van der Waals surface area contributed by atoms with Gasteiger partial charge in [0.1, 0.15) is 0 Å². The number of aromatic nitrogens is 1. The summed E-state index contributed by atoms with van der Waals surface area (Å²) in [6.45, 7) is 2.80. The van der Waals surface area contributed by atoms with E-state index in [1.165, 1.54) is 12.8 Å². The molecule has 0 saturated carbocycles. The summed E-state index contributed by atoms with van der Waals surface area (Å²) in [6, 6.07) is 10.2. The molecule has 0 spiro atoms. The first-order valence-corrected chi connectivity index (χ1v) is 7.69. The Morgan fingerprint density at radius 1 is 1.24 bits per heavy atom. The SMILES string of the molecule is O=C(c1ccnc2ccccc12)N1CC2CCCNC2C1. The van der Waals surface area contributed by atoms with Crippen LogP contribution in [0.2, 0.25) is 0 Å². The number of pyridine rings is 1. The standard InChI is InChI=1S/C17H19N3O/c21-17(20-10-12-4-3-8-18-16(12)11-20)14-7-9-19-15-6-2-1-5-13(14)15/h1-2,5-7,9,12,16,18H,3-4,8,10-11H2. The predicted molar refractivity (Wildman–Crippen MR) is 82.2 cm³/mol. The van der Waals surface area contributed by atoms with Gasteiger partial charge in [-0.1, -0.05) is 18.2 Å². The number of nitrogens with zero attached hydrogens (tertiary/aromatic N) is 2. The van der Waals surface area contributed by atoms with Crippen molar-refractivity contribution in [2.75, 3.05) is 19.6 Å². The van der Waals surface area contributed by atoms with Crippen molar-refractivity contribution >= 4 is 16.8 Å². The molecule has 2 atom stereocenters. The minimum atomic E-state index is 0.143. The van der Waals surface area contributed by atoms with E-state index >= 15 is 0 Å². The molecule has 2 saturated heterocycles. The number of carbonyl (C=O) groups excluding carboxylic acids is 1. The molecule has 4 rings (SSSR count). The highest BCUT2D eigenvalue weighted by atomic mass is 16.2. The molecule has 0 bridgehead atoms. The van der Waals surface area contributed by atoms with Crippen LogP contribution in [0.3, 0.4) is 0 Å². The molecule has 4 heteroatoms. The number of rotatable bonds is 1. The van der Waals surface area contributed by atoms with Crippen LogP contribution >= 0.6 is 0 Å². The summed E-state index contributed by atoms with van der Waals surface area (Å²) in [4.78, 5) is 19.2. The van der Waals surface area contributed by atoms with Gasteiger partial charge in [0.05, 0.1) is 11.1 Å². The normalized spacial score (nSPS) is 25.0. The summed E-state index contributed by atoms with van der Waals surface area (Å²) in [7, 11) is 0. The van der Waals surface area contributed by atoms with E-state index in [1.807, 2.05) is 35.2 Å². The van der Waals surface area contributed by atoms with Crippen molar-refractivity contribution in [3.05, 3.63) is 42.1 Å². The van der Waals surface area contributed by atoms with E-state index in [0.717, 1.165) is 36.1 Å². The molecule has 1 amide bonds. The van der Waals surface area contributed by atoms with Gasteiger partial charge in [-0.15, -0.1) is 0 Å². The van der Waals surface area contributed by atoms with Gasteiger partial charge in [0.2, 0.25) is 0 Å². The molecule has 2 aliphatic heterocycles. The molecular formula is C17H19N3O. The Hall–Kier alpha value is -1.94. The Labute approximate surface area is 124 Å². The zero-order valence-electron chi connectivity index (χ0n) is 12.0. The largest absolute Gasteiger partial charge is 0.337 e. The molecule has 2 unspecified atom stereocenters. The lowest BCUT2D eigenvalue weighted by atomic mass is 9.94. The fraction of sp³-hybridized carbons (Fsp3) is 0.412. The Bertz CT molecular complexity index is 665.